The van der Waals surface area contributed by atoms with Crippen molar-refractivity contribution in [1.82, 2.24) is 24.7 Å². The maximum atomic E-state index is 13.2. The minimum Gasteiger partial charge on any atom is -0.381 e. The quantitative estimate of drug-likeness (QED) is 0.888. The van der Waals surface area contributed by atoms with Crippen molar-refractivity contribution in [1.29, 1.82) is 0 Å². The number of ether oxygens (including phenoxy) is 1. The van der Waals surface area contributed by atoms with Crippen molar-refractivity contribution in [3.63, 3.8) is 0 Å². The molecule has 26 heavy (non-hydrogen) atoms. The van der Waals surface area contributed by atoms with E-state index >= 15 is 0 Å². The molecule has 0 aromatic carbocycles. The lowest BCUT2D eigenvalue weighted by molar-refractivity contribution is -0.146. The molecular weight excluding hydrogens is 349 g/mol. The van der Waals surface area contributed by atoms with Crippen molar-refractivity contribution < 1.29 is 17.9 Å². The number of aromatic nitrogens is 4. The number of rotatable bonds is 4. The lowest BCUT2D eigenvalue weighted by Crippen LogP contribution is -2.53. The number of hydrogen-bond acceptors (Lipinski definition) is 6. The fourth-order valence-corrected chi connectivity index (χ4v) is 3.26. The Balaban J connectivity index is 1.96. The Morgan fingerprint density at radius 1 is 1.15 bits per heavy atom. The molecule has 0 atom stereocenters. The second-order valence-corrected chi connectivity index (χ2v) is 6.94. The number of anilines is 1. The smallest absolute Gasteiger partial charge is 0.381 e. The Morgan fingerprint density at radius 3 is 2.38 bits per heavy atom. The third-order valence-corrected chi connectivity index (χ3v) is 5.30. The van der Waals surface area contributed by atoms with Gasteiger partial charge in [-0.15, -0.1) is 15.3 Å². The largest absolute Gasteiger partial charge is 0.453 e. The molecule has 0 unspecified atom stereocenters. The highest BCUT2D eigenvalue weighted by Gasteiger charge is 2.39. The van der Waals surface area contributed by atoms with Crippen LogP contribution < -0.4 is 5.32 Å². The highest BCUT2D eigenvalue weighted by atomic mass is 19.4. The Bertz CT molecular complexity index is 795. The molecule has 0 saturated carbocycles. The number of aryl methyl sites for hydroxylation is 1. The zero-order valence-corrected chi connectivity index (χ0v) is 15.3. The number of likely N-dealkylation sites (N-methyl/N-ethyl adjacent to an activating group) is 1. The summed E-state index contributed by atoms with van der Waals surface area (Å²) in [5.74, 6) is -0.708. The van der Waals surface area contributed by atoms with Gasteiger partial charge in [-0.1, -0.05) is 0 Å². The van der Waals surface area contributed by atoms with Crippen LogP contribution in [0.1, 0.15) is 29.8 Å². The van der Waals surface area contributed by atoms with Crippen molar-refractivity contribution in [3.8, 4) is 0 Å². The van der Waals surface area contributed by atoms with Crippen LogP contribution in [0.3, 0.4) is 0 Å². The minimum absolute atomic E-state index is 0.119. The predicted molar refractivity (Wildman–Crippen MR) is 90.2 cm³/mol. The van der Waals surface area contributed by atoms with Crippen LogP contribution >= 0.6 is 0 Å². The summed E-state index contributed by atoms with van der Waals surface area (Å²) in [5, 5.41) is 14.3. The van der Waals surface area contributed by atoms with E-state index in [2.05, 4.69) is 25.5 Å². The van der Waals surface area contributed by atoms with Gasteiger partial charge < -0.3 is 15.0 Å². The highest BCUT2D eigenvalue weighted by molar-refractivity contribution is 5.58. The number of fused-ring (bicyclic) bond motifs is 1. The monoisotopic (exact) mass is 372 g/mol. The normalized spacial score (nSPS) is 17.8. The van der Waals surface area contributed by atoms with Crippen LogP contribution in [0, 0.1) is 13.8 Å². The summed E-state index contributed by atoms with van der Waals surface area (Å²) < 4.78 is 45.7. The number of nitrogens with one attached hydrogen (secondary N) is 1. The van der Waals surface area contributed by atoms with Crippen molar-refractivity contribution in [3.05, 3.63) is 17.0 Å². The molecule has 3 heterocycles. The summed E-state index contributed by atoms with van der Waals surface area (Å²) in [6.45, 7) is 5.43. The topological polar surface area (TPSA) is 67.6 Å². The molecule has 0 radical (unpaired) electrons. The Hall–Kier alpha value is -1.94. The van der Waals surface area contributed by atoms with Gasteiger partial charge >= 0.3 is 6.18 Å². The summed E-state index contributed by atoms with van der Waals surface area (Å²) in [6, 6.07) is 0. The average molecular weight is 372 g/mol. The molecule has 3 rings (SSSR count). The molecule has 1 aliphatic rings. The zero-order chi connectivity index (χ0) is 19.1. The van der Waals surface area contributed by atoms with Gasteiger partial charge in [-0.3, -0.25) is 0 Å². The van der Waals surface area contributed by atoms with Gasteiger partial charge in [-0.25, -0.2) is 0 Å². The second kappa shape index (κ2) is 6.66. The summed E-state index contributed by atoms with van der Waals surface area (Å²) in [6.07, 6.45) is -2.93. The first-order valence-corrected chi connectivity index (χ1v) is 8.44. The maximum Gasteiger partial charge on any atom is 0.453 e. The Morgan fingerprint density at radius 2 is 1.81 bits per heavy atom. The van der Waals surface area contributed by atoms with Crippen LogP contribution in [-0.2, 0) is 10.9 Å². The summed E-state index contributed by atoms with van der Waals surface area (Å²) in [7, 11) is 4.01. The molecule has 0 bridgehead atoms. The molecule has 0 aliphatic carbocycles. The minimum atomic E-state index is -4.61. The van der Waals surface area contributed by atoms with E-state index in [0.29, 0.717) is 31.1 Å². The Labute approximate surface area is 149 Å². The van der Waals surface area contributed by atoms with E-state index in [1.54, 1.807) is 6.92 Å². The van der Waals surface area contributed by atoms with E-state index in [9.17, 15) is 13.2 Å². The second-order valence-electron chi connectivity index (χ2n) is 6.94. The molecule has 1 fully saturated rings. The van der Waals surface area contributed by atoms with Gasteiger partial charge in [0, 0.05) is 30.9 Å². The molecule has 2 aromatic rings. The number of hydrogen-bond donors (Lipinski definition) is 1. The summed E-state index contributed by atoms with van der Waals surface area (Å²) in [4.78, 5) is 2.14. The predicted octanol–water partition coefficient (Wildman–Crippen LogP) is 2.28. The maximum absolute atomic E-state index is 13.2. The van der Waals surface area contributed by atoms with Gasteiger partial charge in [0.25, 0.3) is 5.82 Å². The van der Waals surface area contributed by atoms with Gasteiger partial charge in [0.2, 0.25) is 0 Å². The number of halogens is 3. The first-order chi connectivity index (χ1) is 12.2. The van der Waals surface area contributed by atoms with Crippen LogP contribution in [0.25, 0.3) is 5.65 Å². The van der Waals surface area contributed by atoms with Gasteiger partial charge in [0.1, 0.15) is 5.82 Å². The standard InChI is InChI=1S/C16H23F3N6O/c1-10-11(2)13-21-22-14(16(17,18)19)25(13)23-12(10)20-9-15(24(3)4)5-7-26-8-6-15/h5-9H2,1-4H3,(H,20,23). The summed E-state index contributed by atoms with van der Waals surface area (Å²) >= 11 is 0. The fourth-order valence-electron chi connectivity index (χ4n) is 3.26. The highest BCUT2D eigenvalue weighted by Crippen LogP contribution is 2.31. The lowest BCUT2D eigenvalue weighted by atomic mass is 9.88. The lowest BCUT2D eigenvalue weighted by Gasteiger charge is -2.43. The van der Waals surface area contributed by atoms with Crippen molar-refractivity contribution in [2.24, 2.45) is 0 Å². The molecule has 10 heteroatoms. The van der Waals surface area contributed by atoms with Crippen LogP contribution in [0.2, 0.25) is 0 Å². The molecule has 1 aliphatic heterocycles. The van der Waals surface area contributed by atoms with E-state index in [0.717, 1.165) is 22.9 Å². The third kappa shape index (κ3) is 3.23. The molecule has 7 nitrogen and oxygen atoms in total. The van der Waals surface area contributed by atoms with Gasteiger partial charge in [-0.05, 0) is 46.3 Å². The molecular formula is C16H23F3N6O. The number of nitrogens with zero attached hydrogens (tertiary/aromatic N) is 5. The first kappa shape index (κ1) is 18.8. The molecule has 144 valence electrons. The molecule has 1 N–H and O–H groups in total. The van der Waals surface area contributed by atoms with Gasteiger partial charge in [0.15, 0.2) is 5.65 Å². The van der Waals surface area contributed by atoms with E-state index in [1.807, 2.05) is 21.0 Å². The molecule has 0 amide bonds. The van der Waals surface area contributed by atoms with E-state index in [1.165, 1.54) is 0 Å². The van der Waals surface area contributed by atoms with Crippen molar-refractivity contribution in [2.75, 3.05) is 39.2 Å². The third-order valence-electron chi connectivity index (χ3n) is 5.30. The average Bonchev–Trinajstić information content (AvgIpc) is 3.02. The van der Waals surface area contributed by atoms with E-state index in [-0.39, 0.29) is 11.2 Å². The van der Waals surface area contributed by atoms with Crippen LogP contribution in [0.4, 0.5) is 19.0 Å². The Kier molecular flexibility index (Phi) is 4.82. The van der Waals surface area contributed by atoms with Crippen LogP contribution in [0.5, 0.6) is 0 Å². The first-order valence-electron chi connectivity index (χ1n) is 8.44. The van der Waals surface area contributed by atoms with Gasteiger partial charge in [0.05, 0.1) is 0 Å². The van der Waals surface area contributed by atoms with E-state index < -0.39 is 12.0 Å². The molecule has 2 aromatic heterocycles. The van der Waals surface area contributed by atoms with Crippen molar-refractivity contribution in [2.45, 2.75) is 38.4 Å². The van der Waals surface area contributed by atoms with Crippen molar-refractivity contribution >= 4 is 11.5 Å². The van der Waals surface area contributed by atoms with Crippen LogP contribution in [-0.4, -0.2) is 64.1 Å². The fraction of sp³-hybridized carbons (Fsp3) is 0.688. The SMILES string of the molecule is Cc1c(NCC2(N(C)C)CCOCC2)nn2c(C(F)(F)F)nnc2c1C. The van der Waals surface area contributed by atoms with E-state index in [4.69, 9.17) is 4.74 Å². The molecule has 0 spiro atoms. The zero-order valence-electron chi connectivity index (χ0n) is 15.3. The van der Waals surface area contributed by atoms with Crippen LogP contribution in [0.15, 0.2) is 0 Å². The summed E-state index contributed by atoms with van der Waals surface area (Å²) in [5.41, 5.74) is 1.37. The number of alkyl halides is 3. The van der Waals surface area contributed by atoms with Gasteiger partial charge in [-0.2, -0.15) is 17.7 Å². The molecule has 1 saturated heterocycles.